The Labute approximate surface area is 157 Å². The van der Waals surface area contributed by atoms with Crippen LogP contribution in [0.2, 0.25) is 0 Å². The van der Waals surface area contributed by atoms with Crippen LogP contribution in [0.15, 0.2) is 54.6 Å². The van der Waals surface area contributed by atoms with E-state index in [2.05, 4.69) is 10.6 Å². The number of carbonyl (C=O) groups is 2. The number of nitrogens with one attached hydrogen (secondary N) is 2. The lowest BCUT2D eigenvalue weighted by molar-refractivity contribution is -0.114. The van der Waals surface area contributed by atoms with E-state index in [4.69, 9.17) is 9.47 Å². The van der Waals surface area contributed by atoms with E-state index in [0.29, 0.717) is 28.4 Å². The van der Waals surface area contributed by atoms with Gasteiger partial charge in [0.05, 0.1) is 25.5 Å². The number of amides is 2. The molecule has 0 saturated carbocycles. The number of hydrogen-bond donors (Lipinski definition) is 2. The SMILES string of the molecule is COc1ccc(NC(C)=O)cc1NC(=O)c1cc2ccccc2cc1OC. The molecule has 0 aliphatic rings. The topological polar surface area (TPSA) is 76.7 Å². The van der Waals surface area contributed by atoms with Crippen LogP contribution in [0, 0.1) is 0 Å². The van der Waals surface area contributed by atoms with Crippen molar-refractivity contribution in [3.05, 3.63) is 60.2 Å². The summed E-state index contributed by atoms with van der Waals surface area (Å²) in [5.74, 6) is 0.421. The number of anilines is 2. The monoisotopic (exact) mass is 364 g/mol. The Kier molecular flexibility index (Phi) is 5.26. The van der Waals surface area contributed by atoms with Gasteiger partial charge in [-0.15, -0.1) is 0 Å². The molecule has 3 rings (SSSR count). The van der Waals surface area contributed by atoms with Crippen molar-refractivity contribution in [1.82, 2.24) is 0 Å². The van der Waals surface area contributed by atoms with Gasteiger partial charge in [-0.2, -0.15) is 0 Å². The minimum atomic E-state index is -0.337. The zero-order valence-corrected chi connectivity index (χ0v) is 15.3. The first-order valence-electron chi connectivity index (χ1n) is 8.35. The highest BCUT2D eigenvalue weighted by Gasteiger charge is 2.16. The van der Waals surface area contributed by atoms with Crippen LogP contribution in [0.3, 0.4) is 0 Å². The van der Waals surface area contributed by atoms with Crippen LogP contribution in [0.5, 0.6) is 11.5 Å². The highest BCUT2D eigenvalue weighted by molar-refractivity contribution is 6.09. The Balaban J connectivity index is 1.97. The summed E-state index contributed by atoms with van der Waals surface area (Å²) in [4.78, 5) is 24.2. The predicted molar refractivity (Wildman–Crippen MR) is 106 cm³/mol. The Bertz CT molecular complexity index is 1010. The minimum absolute atomic E-state index is 0.200. The van der Waals surface area contributed by atoms with Gasteiger partial charge in [0.2, 0.25) is 5.91 Å². The van der Waals surface area contributed by atoms with Crippen LogP contribution in [-0.2, 0) is 4.79 Å². The second-order valence-corrected chi connectivity index (χ2v) is 5.95. The van der Waals surface area contributed by atoms with E-state index in [1.807, 2.05) is 30.3 Å². The molecule has 0 aliphatic carbocycles. The summed E-state index contributed by atoms with van der Waals surface area (Å²) in [6, 6.07) is 16.4. The molecule has 0 aromatic heterocycles. The van der Waals surface area contributed by atoms with Crippen LogP contribution in [0.1, 0.15) is 17.3 Å². The molecule has 0 fully saturated rings. The Morgan fingerprint density at radius 2 is 1.48 bits per heavy atom. The number of hydrogen-bond acceptors (Lipinski definition) is 4. The summed E-state index contributed by atoms with van der Waals surface area (Å²) in [6.07, 6.45) is 0. The number of methoxy groups -OCH3 is 2. The largest absolute Gasteiger partial charge is 0.496 e. The van der Waals surface area contributed by atoms with Crippen molar-refractivity contribution in [3.63, 3.8) is 0 Å². The third-order valence-corrected chi connectivity index (χ3v) is 4.08. The van der Waals surface area contributed by atoms with Gasteiger partial charge >= 0.3 is 0 Å². The molecule has 6 nitrogen and oxygen atoms in total. The van der Waals surface area contributed by atoms with E-state index in [0.717, 1.165) is 10.8 Å². The van der Waals surface area contributed by atoms with Gasteiger partial charge in [-0.25, -0.2) is 0 Å². The van der Waals surface area contributed by atoms with Crippen LogP contribution < -0.4 is 20.1 Å². The third kappa shape index (κ3) is 4.00. The quantitative estimate of drug-likeness (QED) is 0.716. The molecule has 0 spiro atoms. The second kappa shape index (κ2) is 7.78. The molecule has 0 aliphatic heterocycles. The molecule has 0 atom stereocenters. The number of fused-ring (bicyclic) bond motifs is 1. The summed E-state index contributed by atoms with van der Waals surface area (Å²) in [5.41, 5.74) is 1.41. The molecule has 3 aromatic carbocycles. The summed E-state index contributed by atoms with van der Waals surface area (Å²) < 4.78 is 10.7. The highest BCUT2D eigenvalue weighted by atomic mass is 16.5. The normalized spacial score (nSPS) is 10.3. The van der Waals surface area contributed by atoms with Gasteiger partial charge in [0.15, 0.2) is 0 Å². The van der Waals surface area contributed by atoms with Crippen LogP contribution in [0.4, 0.5) is 11.4 Å². The lowest BCUT2D eigenvalue weighted by Crippen LogP contribution is -2.14. The molecule has 0 saturated heterocycles. The van der Waals surface area contributed by atoms with Crippen molar-refractivity contribution in [1.29, 1.82) is 0 Å². The zero-order chi connectivity index (χ0) is 19.4. The first-order valence-corrected chi connectivity index (χ1v) is 8.35. The Morgan fingerprint density at radius 3 is 2.11 bits per heavy atom. The lowest BCUT2D eigenvalue weighted by atomic mass is 10.1. The molecule has 27 heavy (non-hydrogen) atoms. The molecule has 0 heterocycles. The number of ether oxygens (including phenoxy) is 2. The van der Waals surface area contributed by atoms with Crippen molar-refractivity contribution >= 4 is 34.0 Å². The fraction of sp³-hybridized carbons (Fsp3) is 0.143. The van der Waals surface area contributed by atoms with Gasteiger partial charge in [0, 0.05) is 12.6 Å². The molecular weight excluding hydrogens is 344 g/mol. The maximum atomic E-state index is 12.9. The molecule has 0 unspecified atom stereocenters. The third-order valence-electron chi connectivity index (χ3n) is 4.08. The number of benzene rings is 3. The van der Waals surface area contributed by atoms with E-state index in [9.17, 15) is 9.59 Å². The smallest absolute Gasteiger partial charge is 0.259 e. The highest BCUT2D eigenvalue weighted by Crippen LogP contribution is 2.31. The van der Waals surface area contributed by atoms with E-state index in [1.54, 1.807) is 24.3 Å². The molecule has 0 radical (unpaired) electrons. The van der Waals surface area contributed by atoms with Crippen molar-refractivity contribution in [2.45, 2.75) is 6.92 Å². The van der Waals surface area contributed by atoms with E-state index >= 15 is 0 Å². The first-order chi connectivity index (χ1) is 13.0. The van der Waals surface area contributed by atoms with E-state index in [1.165, 1.54) is 21.1 Å². The van der Waals surface area contributed by atoms with E-state index < -0.39 is 0 Å². The van der Waals surface area contributed by atoms with Gasteiger partial charge in [-0.3, -0.25) is 9.59 Å². The molecule has 2 amide bonds. The average Bonchev–Trinajstić information content (AvgIpc) is 2.66. The van der Waals surface area contributed by atoms with Gasteiger partial charge < -0.3 is 20.1 Å². The van der Waals surface area contributed by atoms with Crippen LogP contribution >= 0.6 is 0 Å². The van der Waals surface area contributed by atoms with Crippen LogP contribution in [-0.4, -0.2) is 26.0 Å². The maximum absolute atomic E-state index is 12.9. The predicted octanol–water partition coefficient (Wildman–Crippen LogP) is 4.07. The summed E-state index contributed by atoms with van der Waals surface area (Å²) in [5, 5.41) is 7.44. The first kappa shape index (κ1) is 18.3. The van der Waals surface area contributed by atoms with Crippen molar-refractivity contribution in [2.75, 3.05) is 24.9 Å². The van der Waals surface area contributed by atoms with Gasteiger partial charge in [-0.05, 0) is 41.1 Å². The van der Waals surface area contributed by atoms with Crippen LogP contribution in [0.25, 0.3) is 10.8 Å². The van der Waals surface area contributed by atoms with Gasteiger partial charge in [0.25, 0.3) is 5.91 Å². The van der Waals surface area contributed by atoms with Gasteiger partial charge in [-0.1, -0.05) is 24.3 Å². The maximum Gasteiger partial charge on any atom is 0.259 e. The molecule has 2 N–H and O–H groups in total. The van der Waals surface area contributed by atoms with Crippen molar-refractivity contribution in [3.8, 4) is 11.5 Å². The van der Waals surface area contributed by atoms with E-state index in [-0.39, 0.29) is 11.8 Å². The van der Waals surface area contributed by atoms with Crippen molar-refractivity contribution in [2.24, 2.45) is 0 Å². The standard InChI is InChI=1S/C21H20N2O4/c1-13(24)22-16-8-9-19(26-2)18(12-16)23-21(25)17-10-14-6-4-5-7-15(14)11-20(17)27-3/h4-12H,1-3H3,(H,22,24)(H,23,25). The molecule has 3 aromatic rings. The minimum Gasteiger partial charge on any atom is -0.496 e. The molecular formula is C21H20N2O4. The Morgan fingerprint density at radius 1 is 0.815 bits per heavy atom. The Hall–Kier alpha value is -3.54. The fourth-order valence-electron chi connectivity index (χ4n) is 2.84. The molecule has 0 bridgehead atoms. The van der Waals surface area contributed by atoms with Crippen molar-refractivity contribution < 1.29 is 19.1 Å². The molecule has 138 valence electrons. The number of carbonyl (C=O) groups excluding carboxylic acids is 2. The summed E-state index contributed by atoms with van der Waals surface area (Å²) >= 11 is 0. The van der Waals surface area contributed by atoms with Gasteiger partial charge in [0.1, 0.15) is 11.5 Å². The summed E-state index contributed by atoms with van der Waals surface area (Å²) in [6.45, 7) is 1.42. The lowest BCUT2D eigenvalue weighted by Gasteiger charge is -2.14. The number of rotatable bonds is 5. The molecule has 6 heteroatoms. The zero-order valence-electron chi connectivity index (χ0n) is 15.3. The summed E-state index contributed by atoms with van der Waals surface area (Å²) in [7, 11) is 3.04. The second-order valence-electron chi connectivity index (χ2n) is 5.95. The fourth-order valence-corrected chi connectivity index (χ4v) is 2.84. The average molecular weight is 364 g/mol.